The van der Waals surface area contributed by atoms with Crippen LogP contribution < -0.4 is 10.6 Å². The van der Waals surface area contributed by atoms with Crippen LogP contribution in [0.15, 0.2) is 25.3 Å². The highest BCUT2D eigenvalue weighted by molar-refractivity contribution is 5.87. The standard InChI is InChI=1S/C13H22N2O2/c1-5-10(14-12(16)7-3)9-11(6-2)15-13(17)8-4/h7-8,10-11H,3-6,9H2,1-2H3,(H,14,16)(H,15,17). The van der Waals surface area contributed by atoms with Gasteiger partial charge in [0.2, 0.25) is 11.8 Å². The topological polar surface area (TPSA) is 58.2 Å². The van der Waals surface area contributed by atoms with Gasteiger partial charge in [0.1, 0.15) is 0 Å². The van der Waals surface area contributed by atoms with Gasteiger partial charge in [-0.05, 0) is 31.4 Å². The third kappa shape index (κ3) is 6.56. The van der Waals surface area contributed by atoms with Crippen LogP contribution in [0.4, 0.5) is 0 Å². The van der Waals surface area contributed by atoms with Crippen molar-refractivity contribution in [2.45, 2.75) is 45.2 Å². The van der Waals surface area contributed by atoms with Gasteiger partial charge in [-0.25, -0.2) is 0 Å². The van der Waals surface area contributed by atoms with Gasteiger partial charge >= 0.3 is 0 Å². The van der Waals surface area contributed by atoms with Crippen LogP contribution in [0.3, 0.4) is 0 Å². The van der Waals surface area contributed by atoms with Gasteiger partial charge in [0, 0.05) is 12.1 Å². The average Bonchev–Trinajstić information content (AvgIpc) is 2.36. The van der Waals surface area contributed by atoms with Crippen molar-refractivity contribution in [1.29, 1.82) is 0 Å². The van der Waals surface area contributed by atoms with Gasteiger partial charge in [0.25, 0.3) is 0 Å². The average molecular weight is 238 g/mol. The van der Waals surface area contributed by atoms with Gasteiger partial charge in [0.05, 0.1) is 0 Å². The van der Waals surface area contributed by atoms with E-state index < -0.39 is 0 Å². The predicted molar refractivity (Wildman–Crippen MR) is 69.5 cm³/mol. The SMILES string of the molecule is C=CC(=O)NC(CC)CC(CC)NC(=O)C=C. The molecule has 0 saturated carbocycles. The minimum atomic E-state index is -0.179. The fraction of sp³-hybridized carbons (Fsp3) is 0.538. The van der Waals surface area contributed by atoms with Crippen molar-refractivity contribution < 1.29 is 9.59 Å². The van der Waals surface area contributed by atoms with E-state index in [1.165, 1.54) is 12.2 Å². The summed E-state index contributed by atoms with van der Waals surface area (Å²) in [4.78, 5) is 22.4. The van der Waals surface area contributed by atoms with Crippen molar-refractivity contribution in [2.75, 3.05) is 0 Å². The van der Waals surface area contributed by atoms with Crippen molar-refractivity contribution in [2.24, 2.45) is 0 Å². The third-order valence-electron chi connectivity index (χ3n) is 2.62. The summed E-state index contributed by atoms with van der Waals surface area (Å²) in [6.45, 7) is 10.8. The van der Waals surface area contributed by atoms with Gasteiger partial charge in [-0.3, -0.25) is 9.59 Å². The minimum absolute atomic E-state index is 0.0514. The molecule has 0 radical (unpaired) electrons. The fourth-order valence-electron chi connectivity index (χ4n) is 1.52. The monoisotopic (exact) mass is 238 g/mol. The molecule has 0 aliphatic rings. The number of hydrogen-bond donors (Lipinski definition) is 2. The highest BCUT2D eigenvalue weighted by Gasteiger charge is 2.15. The molecular formula is C13H22N2O2. The van der Waals surface area contributed by atoms with Crippen LogP contribution >= 0.6 is 0 Å². The predicted octanol–water partition coefficient (Wildman–Crippen LogP) is 1.54. The van der Waals surface area contributed by atoms with Gasteiger partial charge in [-0.1, -0.05) is 27.0 Å². The summed E-state index contributed by atoms with van der Waals surface area (Å²) in [6, 6.07) is 0.103. The Morgan fingerprint density at radius 1 is 1.00 bits per heavy atom. The zero-order chi connectivity index (χ0) is 13.3. The second-order valence-electron chi connectivity index (χ2n) is 3.87. The highest BCUT2D eigenvalue weighted by atomic mass is 16.2. The molecule has 0 bridgehead atoms. The van der Waals surface area contributed by atoms with Crippen LogP contribution in [0, 0.1) is 0 Å². The van der Waals surface area contributed by atoms with Crippen LogP contribution in [-0.4, -0.2) is 23.9 Å². The fourth-order valence-corrected chi connectivity index (χ4v) is 1.52. The Kier molecular flexibility index (Phi) is 7.76. The molecule has 0 spiro atoms. The maximum Gasteiger partial charge on any atom is 0.243 e. The molecule has 4 heteroatoms. The molecule has 0 heterocycles. The maximum absolute atomic E-state index is 11.2. The van der Waals surface area contributed by atoms with Crippen molar-refractivity contribution in [3.05, 3.63) is 25.3 Å². The Morgan fingerprint density at radius 2 is 1.35 bits per heavy atom. The lowest BCUT2D eigenvalue weighted by Gasteiger charge is -2.22. The van der Waals surface area contributed by atoms with E-state index in [-0.39, 0.29) is 23.9 Å². The summed E-state index contributed by atoms with van der Waals surface area (Å²) in [5, 5.41) is 5.68. The summed E-state index contributed by atoms with van der Waals surface area (Å²) in [7, 11) is 0. The summed E-state index contributed by atoms with van der Waals surface area (Å²) in [5.74, 6) is -0.358. The lowest BCUT2D eigenvalue weighted by Crippen LogP contribution is -2.41. The molecular weight excluding hydrogens is 216 g/mol. The van der Waals surface area contributed by atoms with Crippen LogP contribution in [0.1, 0.15) is 33.1 Å². The van der Waals surface area contributed by atoms with E-state index in [0.29, 0.717) is 6.42 Å². The minimum Gasteiger partial charge on any atom is -0.350 e. The molecule has 0 aliphatic heterocycles. The molecule has 0 aromatic heterocycles. The van der Waals surface area contributed by atoms with Crippen LogP contribution in [0.25, 0.3) is 0 Å². The molecule has 2 unspecified atom stereocenters. The highest BCUT2D eigenvalue weighted by Crippen LogP contribution is 2.06. The molecule has 0 aromatic rings. The summed E-state index contributed by atoms with van der Waals surface area (Å²) < 4.78 is 0. The molecule has 4 nitrogen and oxygen atoms in total. The molecule has 0 fully saturated rings. The Morgan fingerprint density at radius 3 is 1.59 bits per heavy atom. The first kappa shape index (κ1) is 15.4. The number of carbonyl (C=O) groups excluding carboxylic acids is 2. The Balaban J connectivity index is 4.30. The molecule has 17 heavy (non-hydrogen) atoms. The van der Waals surface area contributed by atoms with Gasteiger partial charge < -0.3 is 10.6 Å². The van der Waals surface area contributed by atoms with E-state index in [9.17, 15) is 9.59 Å². The summed E-state index contributed by atoms with van der Waals surface area (Å²) >= 11 is 0. The zero-order valence-corrected chi connectivity index (χ0v) is 10.7. The smallest absolute Gasteiger partial charge is 0.243 e. The second-order valence-corrected chi connectivity index (χ2v) is 3.87. The normalized spacial score (nSPS) is 13.3. The molecule has 2 N–H and O–H groups in total. The van der Waals surface area contributed by atoms with E-state index in [4.69, 9.17) is 0 Å². The molecule has 96 valence electrons. The Labute approximate surface area is 103 Å². The van der Waals surface area contributed by atoms with Crippen LogP contribution in [0.2, 0.25) is 0 Å². The summed E-state index contributed by atoms with van der Waals surface area (Å²) in [6.07, 6.45) is 4.87. The lowest BCUT2D eigenvalue weighted by molar-refractivity contribution is -0.117. The van der Waals surface area contributed by atoms with Crippen LogP contribution in [-0.2, 0) is 9.59 Å². The number of nitrogens with one attached hydrogen (secondary N) is 2. The molecule has 2 amide bonds. The molecule has 0 saturated heterocycles. The Bertz CT molecular complexity index is 259. The lowest BCUT2D eigenvalue weighted by atomic mass is 10.0. The molecule has 0 aliphatic carbocycles. The number of carbonyl (C=O) groups is 2. The van der Waals surface area contributed by atoms with E-state index in [1.54, 1.807) is 0 Å². The van der Waals surface area contributed by atoms with Gasteiger partial charge in [0.15, 0.2) is 0 Å². The second kappa shape index (κ2) is 8.56. The van der Waals surface area contributed by atoms with Crippen molar-refractivity contribution in [3.63, 3.8) is 0 Å². The van der Waals surface area contributed by atoms with E-state index in [2.05, 4.69) is 23.8 Å². The van der Waals surface area contributed by atoms with E-state index >= 15 is 0 Å². The quantitative estimate of drug-likeness (QED) is 0.630. The third-order valence-corrected chi connectivity index (χ3v) is 2.62. The van der Waals surface area contributed by atoms with E-state index in [0.717, 1.165) is 12.8 Å². The van der Waals surface area contributed by atoms with Crippen LogP contribution in [0.5, 0.6) is 0 Å². The van der Waals surface area contributed by atoms with Crippen molar-refractivity contribution >= 4 is 11.8 Å². The van der Waals surface area contributed by atoms with Crippen molar-refractivity contribution in [1.82, 2.24) is 10.6 Å². The first-order valence-corrected chi connectivity index (χ1v) is 5.93. The van der Waals surface area contributed by atoms with Gasteiger partial charge in [-0.2, -0.15) is 0 Å². The number of amides is 2. The van der Waals surface area contributed by atoms with Crippen molar-refractivity contribution in [3.8, 4) is 0 Å². The number of rotatable bonds is 8. The number of hydrogen-bond acceptors (Lipinski definition) is 2. The maximum atomic E-state index is 11.2. The van der Waals surface area contributed by atoms with Gasteiger partial charge in [-0.15, -0.1) is 0 Å². The molecule has 0 rings (SSSR count). The van der Waals surface area contributed by atoms with E-state index in [1.807, 2.05) is 13.8 Å². The first-order valence-electron chi connectivity index (χ1n) is 5.93. The Hall–Kier alpha value is -1.58. The summed E-state index contributed by atoms with van der Waals surface area (Å²) in [5.41, 5.74) is 0. The zero-order valence-electron chi connectivity index (χ0n) is 10.7. The largest absolute Gasteiger partial charge is 0.350 e. The first-order chi connectivity index (χ1) is 8.07. The molecule has 0 aromatic carbocycles. The molecule has 2 atom stereocenters.